The van der Waals surface area contributed by atoms with Crippen LogP contribution in [-0.4, -0.2) is 41.4 Å². The van der Waals surface area contributed by atoms with E-state index in [1.165, 1.54) is 22.8 Å². The van der Waals surface area contributed by atoms with Crippen LogP contribution in [0, 0.1) is 24.1 Å². The monoisotopic (exact) mass is 499 g/mol. The maximum atomic E-state index is 15.0. The van der Waals surface area contributed by atoms with Gasteiger partial charge in [-0.05, 0) is 56.6 Å². The summed E-state index contributed by atoms with van der Waals surface area (Å²) in [5.41, 5.74) is 3.03. The first-order chi connectivity index (χ1) is 18.0. The minimum atomic E-state index is -0.594. The topological polar surface area (TPSA) is 102 Å². The standard InChI is InChI=1S/C28H26FN5O3/c1-17-5-6-19(16-32-17)21-12-18(15-30)13-22-26(21)33-27(24-4-3-9-31-24)34(28(22)35)20-7-8-25(23(29)14-20)37-11-10-36-2/h5-8,12-14,16,24,31H,3-4,9-11H2,1-2H3/t24-/m1/s1. The van der Waals surface area contributed by atoms with Gasteiger partial charge in [-0.1, -0.05) is 6.07 Å². The first kappa shape index (κ1) is 24.6. The number of halogens is 1. The van der Waals surface area contributed by atoms with Crippen molar-refractivity contribution in [3.63, 3.8) is 0 Å². The number of aryl methyl sites for hydroxylation is 1. The number of hydrogen-bond donors (Lipinski definition) is 1. The molecule has 1 aliphatic rings. The summed E-state index contributed by atoms with van der Waals surface area (Å²) in [7, 11) is 1.54. The van der Waals surface area contributed by atoms with E-state index in [0.717, 1.165) is 30.6 Å². The van der Waals surface area contributed by atoms with Crippen molar-refractivity contribution >= 4 is 10.9 Å². The third-order valence-electron chi connectivity index (χ3n) is 6.44. The third-order valence-corrected chi connectivity index (χ3v) is 6.44. The molecule has 1 aliphatic heterocycles. The second-order valence-corrected chi connectivity index (χ2v) is 8.94. The van der Waals surface area contributed by atoms with Gasteiger partial charge in [-0.3, -0.25) is 14.3 Å². The number of aromatic nitrogens is 3. The highest BCUT2D eigenvalue weighted by atomic mass is 19.1. The Kier molecular flexibility index (Phi) is 6.95. The Morgan fingerprint density at radius 2 is 2.08 bits per heavy atom. The number of benzene rings is 2. The van der Waals surface area contributed by atoms with E-state index in [1.807, 2.05) is 19.1 Å². The lowest BCUT2D eigenvalue weighted by Gasteiger charge is -2.20. The number of hydrogen-bond acceptors (Lipinski definition) is 7. The van der Waals surface area contributed by atoms with Crippen LogP contribution in [-0.2, 0) is 4.74 Å². The molecule has 0 spiro atoms. The molecule has 0 amide bonds. The third kappa shape index (κ3) is 4.81. The molecule has 1 atom stereocenters. The van der Waals surface area contributed by atoms with Crippen molar-refractivity contribution in [3.8, 4) is 28.6 Å². The Balaban J connectivity index is 1.74. The molecule has 0 radical (unpaired) electrons. The minimum absolute atomic E-state index is 0.0732. The lowest BCUT2D eigenvalue weighted by Crippen LogP contribution is -2.29. The first-order valence-corrected chi connectivity index (χ1v) is 12.1. The number of nitriles is 1. The van der Waals surface area contributed by atoms with E-state index >= 15 is 0 Å². The van der Waals surface area contributed by atoms with Crippen LogP contribution in [0.15, 0.2) is 53.5 Å². The molecule has 5 rings (SSSR count). The van der Waals surface area contributed by atoms with Crippen LogP contribution in [0.1, 0.15) is 36.0 Å². The van der Waals surface area contributed by atoms with Crippen LogP contribution in [0.5, 0.6) is 5.75 Å². The molecule has 0 aliphatic carbocycles. The molecule has 2 aromatic heterocycles. The maximum absolute atomic E-state index is 15.0. The van der Waals surface area contributed by atoms with Gasteiger partial charge in [0, 0.05) is 36.2 Å². The number of nitrogens with one attached hydrogen (secondary N) is 1. The molecular weight excluding hydrogens is 473 g/mol. The zero-order valence-electron chi connectivity index (χ0n) is 20.6. The number of rotatable bonds is 7. The second-order valence-electron chi connectivity index (χ2n) is 8.94. The maximum Gasteiger partial charge on any atom is 0.266 e. The summed E-state index contributed by atoms with van der Waals surface area (Å²) in [5, 5.41) is 13.4. The molecular formula is C28H26FN5O3. The van der Waals surface area contributed by atoms with Crippen molar-refractivity contribution < 1.29 is 13.9 Å². The van der Waals surface area contributed by atoms with E-state index in [0.29, 0.717) is 34.8 Å². The molecule has 37 heavy (non-hydrogen) atoms. The fourth-order valence-electron chi connectivity index (χ4n) is 4.59. The molecule has 9 heteroatoms. The molecule has 4 aromatic rings. The molecule has 1 saturated heterocycles. The average molecular weight is 500 g/mol. The Labute approximate surface area is 213 Å². The molecule has 3 heterocycles. The Morgan fingerprint density at radius 1 is 1.22 bits per heavy atom. The summed E-state index contributed by atoms with van der Waals surface area (Å²) >= 11 is 0. The summed E-state index contributed by atoms with van der Waals surface area (Å²) in [6, 6.07) is 13.4. The molecule has 0 unspecified atom stereocenters. The summed E-state index contributed by atoms with van der Waals surface area (Å²) in [5.74, 6) is -0.0272. The average Bonchev–Trinajstić information content (AvgIpc) is 3.45. The predicted molar refractivity (Wildman–Crippen MR) is 137 cm³/mol. The van der Waals surface area contributed by atoms with Crippen LogP contribution in [0.2, 0.25) is 0 Å². The number of ether oxygens (including phenoxy) is 2. The van der Waals surface area contributed by atoms with Gasteiger partial charge in [-0.2, -0.15) is 5.26 Å². The Morgan fingerprint density at radius 3 is 2.76 bits per heavy atom. The molecule has 188 valence electrons. The quantitative estimate of drug-likeness (QED) is 0.380. The van der Waals surface area contributed by atoms with Gasteiger partial charge in [0.25, 0.3) is 5.56 Å². The van der Waals surface area contributed by atoms with Gasteiger partial charge in [0.15, 0.2) is 11.6 Å². The van der Waals surface area contributed by atoms with Crippen molar-refractivity contribution in [1.29, 1.82) is 5.26 Å². The molecule has 8 nitrogen and oxygen atoms in total. The van der Waals surface area contributed by atoms with E-state index in [-0.39, 0.29) is 29.3 Å². The highest BCUT2D eigenvalue weighted by molar-refractivity contribution is 5.94. The Bertz CT molecular complexity index is 1550. The largest absolute Gasteiger partial charge is 0.488 e. The van der Waals surface area contributed by atoms with E-state index in [4.69, 9.17) is 14.5 Å². The number of methoxy groups -OCH3 is 1. The van der Waals surface area contributed by atoms with Gasteiger partial charge in [0.1, 0.15) is 12.4 Å². The lowest BCUT2D eigenvalue weighted by atomic mass is 10.00. The van der Waals surface area contributed by atoms with Crippen LogP contribution in [0.4, 0.5) is 4.39 Å². The zero-order valence-corrected chi connectivity index (χ0v) is 20.6. The summed E-state index contributed by atoms with van der Waals surface area (Å²) < 4.78 is 26.8. The van der Waals surface area contributed by atoms with Crippen LogP contribution < -0.4 is 15.6 Å². The number of nitrogens with zero attached hydrogens (tertiary/aromatic N) is 4. The number of fused-ring (bicyclic) bond motifs is 1. The van der Waals surface area contributed by atoms with E-state index in [9.17, 15) is 14.4 Å². The van der Waals surface area contributed by atoms with Crippen molar-refractivity contribution in [2.24, 2.45) is 0 Å². The van der Waals surface area contributed by atoms with Crippen molar-refractivity contribution in [1.82, 2.24) is 19.9 Å². The van der Waals surface area contributed by atoms with E-state index in [2.05, 4.69) is 16.4 Å². The number of pyridine rings is 1. The van der Waals surface area contributed by atoms with Gasteiger partial charge in [-0.25, -0.2) is 9.37 Å². The van der Waals surface area contributed by atoms with Crippen LogP contribution in [0.3, 0.4) is 0 Å². The predicted octanol–water partition coefficient (Wildman–Crippen LogP) is 4.22. The first-order valence-electron chi connectivity index (χ1n) is 12.1. The van der Waals surface area contributed by atoms with Gasteiger partial charge in [-0.15, -0.1) is 0 Å². The van der Waals surface area contributed by atoms with Crippen molar-refractivity contribution in [2.45, 2.75) is 25.8 Å². The lowest BCUT2D eigenvalue weighted by molar-refractivity contribution is 0.144. The van der Waals surface area contributed by atoms with Crippen LogP contribution >= 0.6 is 0 Å². The Hall–Kier alpha value is -4.13. The second kappa shape index (κ2) is 10.5. The van der Waals surface area contributed by atoms with Gasteiger partial charge >= 0.3 is 0 Å². The fraction of sp³-hybridized carbons (Fsp3) is 0.286. The minimum Gasteiger partial charge on any atom is -0.488 e. The van der Waals surface area contributed by atoms with Crippen molar-refractivity contribution in [2.75, 3.05) is 26.9 Å². The highest BCUT2D eigenvalue weighted by Gasteiger charge is 2.26. The highest BCUT2D eigenvalue weighted by Crippen LogP contribution is 2.31. The smallest absolute Gasteiger partial charge is 0.266 e. The summed E-state index contributed by atoms with van der Waals surface area (Å²) in [6.07, 6.45) is 3.43. The molecule has 1 N–H and O–H groups in total. The van der Waals surface area contributed by atoms with Gasteiger partial charge in [0.05, 0.1) is 40.9 Å². The fourth-order valence-corrected chi connectivity index (χ4v) is 4.59. The molecule has 0 saturated carbocycles. The molecule has 2 aromatic carbocycles. The van der Waals surface area contributed by atoms with Gasteiger partial charge < -0.3 is 14.8 Å². The summed E-state index contributed by atoms with van der Waals surface area (Å²) in [6.45, 7) is 3.21. The normalized spacial score (nSPS) is 15.1. The van der Waals surface area contributed by atoms with E-state index in [1.54, 1.807) is 25.4 Å². The SMILES string of the molecule is COCCOc1ccc(-n2c([C@H]3CCCN3)nc3c(-c4ccc(C)nc4)cc(C#N)cc3c2=O)cc1F. The van der Waals surface area contributed by atoms with Crippen molar-refractivity contribution in [3.05, 3.63) is 81.9 Å². The zero-order chi connectivity index (χ0) is 25.9. The van der Waals surface area contributed by atoms with Gasteiger partial charge in [0.2, 0.25) is 0 Å². The van der Waals surface area contributed by atoms with Crippen LogP contribution in [0.25, 0.3) is 27.7 Å². The molecule has 1 fully saturated rings. The molecule has 0 bridgehead atoms. The summed E-state index contributed by atoms with van der Waals surface area (Å²) in [4.78, 5) is 23.4. The van der Waals surface area contributed by atoms with E-state index < -0.39 is 5.82 Å².